The van der Waals surface area contributed by atoms with Crippen molar-refractivity contribution in [3.05, 3.63) is 83.0 Å². The Bertz CT molecular complexity index is 1720. The van der Waals surface area contributed by atoms with E-state index < -0.39 is 0 Å². The molecule has 3 aromatic heterocycles. The average molecular weight is 580 g/mol. The maximum Gasteiger partial charge on any atom is 0.167 e. The van der Waals surface area contributed by atoms with E-state index in [1.165, 1.54) is 6.33 Å². The van der Waals surface area contributed by atoms with Gasteiger partial charge >= 0.3 is 0 Å². The van der Waals surface area contributed by atoms with Gasteiger partial charge in [-0.05, 0) is 62.1 Å². The number of rotatable bonds is 12. The van der Waals surface area contributed by atoms with Crippen LogP contribution in [0.3, 0.4) is 0 Å². The number of nitrogens with zero attached hydrogens (tertiary/aromatic N) is 5. The summed E-state index contributed by atoms with van der Waals surface area (Å²) in [6.07, 6.45) is 4.98. The highest BCUT2D eigenvalue weighted by molar-refractivity contribution is 6.10. The summed E-state index contributed by atoms with van der Waals surface area (Å²) >= 11 is 0. The number of benzene rings is 2. The van der Waals surface area contributed by atoms with E-state index >= 15 is 0 Å². The van der Waals surface area contributed by atoms with Gasteiger partial charge in [0.15, 0.2) is 18.3 Å². The van der Waals surface area contributed by atoms with Gasteiger partial charge in [0, 0.05) is 30.6 Å². The standard InChI is InChI=1S/C33H33N5O5/c1-20(2)38-27(18-40)28(30-26(17-39)31(43-36-30)23-9-10-23)29-32(34-19-35-33(29)38)37(15-21-5-11-24(41-3)12-6-21)16-22-7-13-25(42-4)14-8-22/h5-8,11-14,17-20,23H,9-10,15-16H2,1-4H3. The smallest absolute Gasteiger partial charge is 0.167 e. The molecule has 2 aromatic carbocycles. The Morgan fingerprint density at radius 2 is 1.53 bits per heavy atom. The molecule has 43 heavy (non-hydrogen) atoms. The molecule has 5 aromatic rings. The first kappa shape index (κ1) is 28.1. The monoisotopic (exact) mass is 579 g/mol. The molecule has 0 N–H and O–H groups in total. The molecule has 1 saturated carbocycles. The van der Waals surface area contributed by atoms with Crippen LogP contribution in [0.2, 0.25) is 0 Å². The largest absolute Gasteiger partial charge is 0.497 e. The van der Waals surface area contributed by atoms with E-state index in [0.29, 0.717) is 58.2 Å². The quantitative estimate of drug-likeness (QED) is 0.155. The molecule has 0 amide bonds. The Kier molecular flexibility index (Phi) is 7.67. The molecular formula is C33H33N5O5. The van der Waals surface area contributed by atoms with Gasteiger partial charge in [-0.2, -0.15) is 0 Å². The Balaban J connectivity index is 1.58. The minimum atomic E-state index is -0.106. The van der Waals surface area contributed by atoms with Crippen LogP contribution in [-0.2, 0) is 13.1 Å². The van der Waals surface area contributed by atoms with Gasteiger partial charge in [-0.15, -0.1) is 0 Å². The number of ether oxygens (including phenoxy) is 2. The number of aldehydes is 2. The Labute approximate surface area is 249 Å². The fourth-order valence-corrected chi connectivity index (χ4v) is 5.61. The molecule has 0 atom stereocenters. The Morgan fingerprint density at radius 1 is 0.930 bits per heavy atom. The normalized spacial score (nSPS) is 13.0. The SMILES string of the molecule is COc1ccc(CN(Cc2ccc(OC)cc2)c2ncnc3c2c(-c2noc(C4CC4)c2C=O)c(C=O)n3C(C)C)cc1. The highest BCUT2D eigenvalue weighted by Crippen LogP contribution is 2.46. The number of carbonyl (C=O) groups excluding carboxylic acids is 2. The molecule has 10 heteroatoms. The van der Waals surface area contributed by atoms with Crippen LogP contribution in [0.5, 0.6) is 11.5 Å². The van der Waals surface area contributed by atoms with Crippen molar-refractivity contribution in [3.63, 3.8) is 0 Å². The number of methoxy groups -OCH3 is 2. The molecule has 1 fully saturated rings. The first-order valence-corrected chi connectivity index (χ1v) is 14.3. The third kappa shape index (κ3) is 5.24. The van der Waals surface area contributed by atoms with Gasteiger partial charge < -0.3 is 23.5 Å². The highest BCUT2D eigenvalue weighted by atomic mass is 16.5. The number of aromatic nitrogens is 4. The van der Waals surface area contributed by atoms with Crippen LogP contribution in [0, 0.1) is 0 Å². The van der Waals surface area contributed by atoms with Crippen molar-refractivity contribution in [2.75, 3.05) is 19.1 Å². The molecule has 1 aliphatic carbocycles. The van der Waals surface area contributed by atoms with Crippen molar-refractivity contribution in [2.45, 2.75) is 51.7 Å². The van der Waals surface area contributed by atoms with E-state index in [0.717, 1.165) is 48.0 Å². The molecule has 220 valence electrons. The second kappa shape index (κ2) is 11.7. The fraction of sp³-hybridized carbons (Fsp3) is 0.303. The third-order valence-corrected chi connectivity index (χ3v) is 7.85. The predicted molar refractivity (Wildman–Crippen MR) is 162 cm³/mol. The molecule has 0 spiro atoms. The summed E-state index contributed by atoms with van der Waals surface area (Å²) in [5.41, 5.74) is 4.24. The molecule has 0 radical (unpaired) electrons. The van der Waals surface area contributed by atoms with Crippen LogP contribution in [-0.4, -0.2) is 46.5 Å². The van der Waals surface area contributed by atoms with Crippen molar-refractivity contribution < 1.29 is 23.6 Å². The van der Waals surface area contributed by atoms with Gasteiger partial charge in [0.1, 0.15) is 35.0 Å². The lowest BCUT2D eigenvalue weighted by Crippen LogP contribution is -2.23. The molecule has 0 unspecified atom stereocenters. The van der Waals surface area contributed by atoms with E-state index in [9.17, 15) is 9.59 Å². The Morgan fingerprint density at radius 3 is 2.02 bits per heavy atom. The number of anilines is 1. The highest BCUT2D eigenvalue weighted by Gasteiger charge is 2.35. The van der Waals surface area contributed by atoms with Crippen LogP contribution in [0.25, 0.3) is 22.3 Å². The van der Waals surface area contributed by atoms with Gasteiger partial charge in [0.05, 0.1) is 30.9 Å². The molecule has 6 rings (SSSR count). The fourth-order valence-electron chi connectivity index (χ4n) is 5.61. The molecule has 1 aliphatic rings. The lowest BCUT2D eigenvalue weighted by atomic mass is 10.0. The predicted octanol–water partition coefficient (Wildman–Crippen LogP) is 6.39. The summed E-state index contributed by atoms with van der Waals surface area (Å²) in [5.74, 6) is 2.87. The first-order valence-electron chi connectivity index (χ1n) is 14.3. The summed E-state index contributed by atoms with van der Waals surface area (Å²) in [5, 5.41) is 5.01. The summed E-state index contributed by atoms with van der Waals surface area (Å²) in [6.45, 7) is 4.97. The van der Waals surface area contributed by atoms with Crippen LogP contribution in [0.15, 0.2) is 59.4 Å². The van der Waals surface area contributed by atoms with Crippen LogP contribution >= 0.6 is 0 Å². The van der Waals surface area contributed by atoms with E-state index in [1.807, 2.05) is 66.9 Å². The molecular weight excluding hydrogens is 546 g/mol. The lowest BCUT2D eigenvalue weighted by molar-refractivity contribution is 0.110. The average Bonchev–Trinajstić information content (AvgIpc) is 3.70. The number of hydrogen-bond donors (Lipinski definition) is 0. The van der Waals surface area contributed by atoms with Gasteiger partial charge in [0.25, 0.3) is 0 Å². The molecule has 0 aliphatic heterocycles. The van der Waals surface area contributed by atoms with Crippen LogP contribution < -0.4 is 14.4 Å². The maximum absolute atomic E-state index is 12.8. The van der Waals surface area contributed by atoms with Gasteiger partial charge in [-0.3, -0.25) is 9.59 Å². The minimum Gasteiger partial charge on any atom is -0.497 e. The summed E-state index contributed by atoms with van der Waals surface area (Å²) in [7, 11) is 3.28. The molecule has 10 nitrogen and oxygen atoms in total. The maximum atomic E-state index is 12.8. The molecule has 3 heterocycles. The van der Waals surface area contributed by atoms with E-state index in [4.69, 9.17) is 19.0 Å². The van der Waals surface area contributed by atoms with Crippen molar-refractivity contribution in [3.8, 4) is 22.8 Å². The zero-order chi connectivity index (χ0) is 30.1. The first-order chi connectivity index (χ1) is 21.0. The van der Waals surface area contributed by atoms with E-state index in [-0.39, 0.29) is 12.0 Å². The summed E-state index contributed by atoms with van der Waals surface area (Å²) < 4.78 is 18.3. The zero-order valence-corrected chi connectivity index (χ0v) is 24.6. The van der Waals surface area contributed by atoms with Crippen molar-refractivity contribution in [2.24, 2.45) is 0 Å². The van der Waals surface area contributed by atoms with Crippen LogP contribution in [0.1, 0.15) is 76.4 Å². The van der Waals surface area contributed by atoms with Crippen molar-refractivity contribution in [1.29, 1.82) is 0 Å². The molecule has 0 saturated heterocycles. The molecule has 0 bridgehead atoms. The summed E-state index contributed by atoms with van der Waals surface area (Å²) in [6, 6.07) is 15.6. The van der Waals surface area contributed by atoms with Gasteiger partial charge in [-0.25, -0.2) is 9.97 Å². The van der Waals surface area contributed by atoms with E-state index in [1.54, 1.807) is 14.2 Å². The van der Waals surface area contributed by atoms with Crippen molar-refractivity contribution >= 4 is 29.4 Å². The number of fused-ring (bicyclic) bond motifs is 1. The second-order valence-corrected chi connectivity index (χ2v) is 11.0. The number of carbonyl (C=O) groups is 2. The van der Waals surface area contributed by atoms with Crippen LogP contribution in [0.4, 0.5) is 5.82 Å². The summed E-state index contributed by atoms with van der Waals surface area (Å²) in [4.78, 5) is 36.8. The van der Waals surface area contributed by atoms with Gasteiger partial charge in [-0.1, -0.05) is 29.4 Å². The number of hydrogen-bond acceptors (Lipinski definition) is 9. The topological polar surface area (TPSA) is 113 Å². The third-order valence-electron chi connectivity index (χ3n) is 7.85. The second-order valence-electron chi connectivity index (χ2n) is 11.0. The van der Waals surface area contributed by atoms with Crippen molar-refractivity contribution in [1.82, 2.24) is 19.7 Å². The minimum absolute atomic E-state index is 0.106. The lowest BCUT2D eigenvalue weighted by Gasteiger charge is -2.25. The van der Waals surface area contributed by atoms with E-state index in [2.05, 4.69) is 15.0 Å². The zero-order valence-electron chi connectivity index (χ0n) is 24.6. The van der Waals surface area contributed by atoms with Gasteiger partial charge in [0.2, 0.25) is 0 Å². The Hall–Kier alpha value is -4.99.